The molecule has 0 saturated carbocycles. The van der Waals surface area contributed by atoms with Gasteiger partial charge in [-0.25, -0.2) is 0 Å². The van der Waals surface area contributed by atoms with E-state index in [1.54, 1.807) is 0 Å². The Morgan fingerprint density at radius 3 is 2.00 bits per heavy atom. The maximum absolute atomic E-state index is 5.49. The van der Waals surface area contributed by atoms with E-state index in [9.17, 15) is 0 Å². The minimum absolute atomic E-state index is 0.710. The van der Waals surface area contributed by atoms with E-state index in [1.165, 1.54) is 64.3 Å². The van der Waals surface area contributed by atoms with Gasteiger partial charge in [0.15, 0.2) is 0 Å². The predicted octanol–water partition coefficient (Wildman–Crippen LogP) is 2.39. The largest absolute Gasteiger partial charge is 0.330 e. The van der Waals surface area contributed by atoms with Crippen molar-refractivity contribution in [1.82, 2.24) is 5.32 Å². The molecule has 0 amide bonds. The first-order valence-corrected chi connectivity index (χ1v) is 7.48. The Labute approximate surface area is 108 Å². The Morgan fingerprint density at radius 2 is 1.41 bits per heavy atom. The standard InChI is InChI=1S/C14H33N3/c1-2-14(10-6-5-8-12-16)17-13-9-4-3-7-11-15/h14,17H,2-13,15-16H2,1H3. The van der Waals surface area contributed by atoms with Crippen LogP contribution in [0.5, 0.6) is 0 Å². The highest BCUT2D eigenvalue weighted by Gasteiger charge is 2.04. The summed E-state index contributed by atoms with van der Waals surface area (Å²) in [6, 6.07) is 0.710. The molecular weight excluding hydrogens is 210 g/mol. The Balaban J connectivity index is 3.28. The average molecular weight is 243 g/mol. The lowest BCUT2D eigenvalue weighted by molar-refractivity contribution is 0.437. The minimum atomic E-state index is 0.710. The van der Waals surface area contributed by atoms with Gasteiger partial charge in [0.25, 0.3) is 0 Å². The molecule has 3 nitrogen and oxygen atoms in total. The molecule has 0 radical (unpaired) electrons. The quantitative estimate of drug-likeness (QED) is 0.435. The zero-order chi connectivity index (χ0) is 12.8. The number of rotatable bonds is 13. The van der Waals surface area contributed by atoms with Crippen molar-refractivity contribution in [3.8, 4) is 0 Å². The van der Waals surface area contributed by atoms with Gasteiger partial charge in [0, 0.05) is 6.04 Å². The highest BCUT2D eigenvalue weighted by Crippen LogP contribution is 2.06. The van der Waals surface area contributed by atoms with Gasteiger partial charge in [0.2, 0.25) is 0 Å². The molecule has 0 aromatic carbocycles. The van der Waals surface area contributed by atoms with Crippen LogP contribution in [-0.4, -0.2) is 25.7 Å². The second-order valence-electron chi connectivity index (χ2n) is 4.90. The van der Waals surface area contributed by atoms with Gasteiger partial charge in [0.1, 0.15) is 0 Å². The summed E-state index contributed by atoms with van der Waals surface area (Å²) in [4.78, 5) is 0. The SMILES string of the molecule is CCC(CCCCCN)NCCCCCCN. The van der Waals surface area contributed by atoms with Crippen molar-refractivity contribution in [3.05, 3.63) is 0 Å². The summed E-state index contributed by atoms with van der Waals surface area (Å²) >= 11 is 0. The number of hydrogen-bond acceptors (Lipinski definition) is 3. The van der Waals surface area contributed by atoms with Crippen molar-refractivity contribution >= 4 is 0 Å². The highest BCUT2D eigenvalue weighted by molar-refractivity contribution is 4.65. The molecule has 17 heavy (non-hydrogen) atoms. The molecule has 0 aliphatic carbocycles. The van der Waals surface area contributed by atoms with Crippen molar-refractivity contribution in [3.63, 3.8) is 0 Å². The number of nitrogens with two attached hydrogens (primary N) is 2. The fraction of sp³-hybridized carbons (Fsp3) is 1.00. The molecule has 0 aliphatic rings. The lowest BCUT2D eigenvalue weighted by Crippen LogP contribution is -2.29. The van der Waals surface area contributed by atoms with E-state index in [0.717, 1.165) is 13.1 Å². The van der Waals surface area contributed by atoms with Crippen LogP contribution < -0.4 is 16.8 Å². The molecule has 0 aliphatic heterocycles. The molecule has 0 spiro atoms. The second-order valence-corrected chi connectivity index (χ2v) is 4.90. The highest BCUT2D eigenvalue weighted by atomic mass is 14.9. The molecule has 0 aromatic heterocycles. The van der Waals surface area contributed by atoms with Crippen LogP contribution in [0.25, 0.3) is 0 Å². The van der Waals surface area contributed by atoms with Gasteiger partial charge in [-0.3, -0.25) is 0 Å². The summed E-state index contributed by atoms with van der Waals surface area (Å²) in [5.74, 6) is 0. The fourth-order valence-corrected chi connectivity index (χ4v) is 2.09. The first kappa shape index (κ1) is 16.9. The Morgan fingerprint density at radius 1 is 0.824 bits per heavy atom. The average Bonchev–Trinajstić information content (AvgIpc) is 2.36. The molecule has 0 heterocycles. The van der Waals surface area contributed by atoms with Gasteiger partial charge in [-0.05, 0) is 51.7 Å². The van der Waals surface area contributed by atoms with E-state index in [1.807, 2.05) is 0 Å². The molecule has 1 atom stereocenters. The topological polar surface area (TPSA) is 64.1 Å². The zero-order valence-electron chi connectivity index (χ0n) is 11.7. The van der Waals surface area contributed by atoms with E-state index < -0.39 is 0 Å². The lowest BCUT2D eigenvalue weighted by Gasteiger charge is -2.16. The molecular formula is C14H33N3. The van der Waals surface area contributed by atoms with Crippen LogP contribution in [0.1, 0.15) is 64.7 Å². The minimum Gasteiger partial charge on any atom is -0.330 e. The van der Waals surface area contributed by atoms with Crippen molar-refractivity contribution in [2.75, 3.05) is 19.6 Å². The summed E-state index contributed by atoms with van der Waals surface area (Å²) in [6.45, 7) is 5.12. The Hall–Kier alpha value is -0.120. The van der Waals surface area contributed by atoms with Crippen molar-refractivity contribution < 1.29 is 0 Å². The summed E-state index contributed by atoms with van der Waals surface area (Å²) < 4.78 is 0. The first-order chi connectivity index (χ1) is 8.35. The summed E-state index contributed by atoms with van der Waals surface area (Å²) in [5.41, 5.74) is 11.0. The normalized spacial score (nSPS) is 12.9. The first-order valence-electron chi connectivity index (χ1n) is 7.48. The van der Waals surface area contributed by atoms with Gasteiger partial charge in [-0.15, -0.1) is 0 Å². The molecule has 1 unspecified atom stereocenters. The van der Waals surface area contributed by atoms with E-state index in [2.05, 4.69) is 12.2 Å². The third-order valence-corrected chi connectivity index (χ3v) is 3.31. The number of unbranched alkanes of at least 4 members (excludes halogenated alkanes) is 5. The molecule has 3 heteroatoms. The zero-order valence-corrected chi connectivity index (χ0v) is 11.7. The van der Waals surface area contributed by atoms with E-state index in [4.69, 9.17) is 11.5 Å². The van der Waals surface area contributed by atoms with E-state index in [-0.39, 0.29) is 0 Å². The molecule has 0 rings (SSSR count). The van der Waals surface area contributed by atoms with Crippen LogP contribution in [-0.2, 0) is 0 Å². The molecule has 104 valence electrons. The van der Waals surface area contributed by atoms with Crippen LogP contribution in [0.2, 0.25) is 0 Å². The van der Waals surface area contributed by atoms with Crippen LogP contribution in [0.3, 0.4) is 0 Å². The number of nitrogens with one attached hydrogen (secondary N) is 1. The Bertz CT molecular complexity index is 139. The van der Waals surface area contributed by atoms with Crippen LogP contribution in [0, 0.1) is 0 Å². The smallest absolute Gasteiger partial charge is 0.00644 e. The van der Waals surface area contributed by atoms with Gasteiger partial charge >= 0.3 is 0 Å². The Kier molecular flexibility index (Phi) is 13.8. The maximum Gasteiger partial charge on any atom is 0.00644 e. The summed E-state index contributed by atoms with van der Waals surface area (Å²) in [7, 11) is 0. The third-order valence-electron chi connectivity index (χ3n) is 3.31. The second kappa shape index (κ2) is 13.9. The molecule has 0 fully saturated rings. The molecule has 0 bridgehead atoms. The van der Waals surface area contributed by atoms with Crippen molar-refractivity contribution in [2.24, 2.45) is 11.5 Å². The van der Waals surface area contributed by atoms with Crippen LogP contribution in [0.15, 0.2) is 0 Å². The predicted molar refractivity (Wildman–Crippen MR) is 77.1 cm³/mol. The number of hydrogen-bond donors (Lipinski definition) is 3. The van der Waals surface area contributed by atoms with Crippen LogP contribution in [0.4, 0.5) is 0 Å². The third kappa shape index (κ3) is 12.1. The van der Waals surface area contributed by atoms with Crippen molar-refractivity contribution in [2.45, 2.75) is 70.8 Å². The monoisotopic (exact) mass is 243 g/mol. The summed E-state index contributed by atoms with van der Waals surface area (Å²) in [6.07, 6.45) is 11.4. The van der Waals surface area contributed by atoms with Crippen molar-refractivity contribution in [1.29, 1.82) is 0 Å². The maximum atomic E-state index is 5.49. The lowest BCUT2D eigenvalue weighted by atomic mass is 10.1. The van der Waals surface area contributed by atoms with Gasteiger partial charge in [0.05, 0.1) is 0 Å². The summed E-state index contributed by atoms with van der Waals surface area (Å²) in [5, 5.41) is 3.66. The van der Waals surface area contributed by atoms with Gasteiger partial charge in [-0.1, -0.05) is 32.6 Å². The molecule has 0 saturated heterocycles. The van der Waals surface area contributed by atoms with Gasteiger partial charge in [-0.2, -0.15) is 0 Å². The van der Waals surface area contributed by atoms with E-state index in [0.29, 0.717) is 6.04 Å². The molecule has 0 aromatic rings. The van der Waals surface area contributed by atoms with Gasteiger partial charge < -0.3 is 16.8 Å². The van der Waals surface area contributed by atoms with Crippen LogP contribution >= 0.6 is 0 Å². The van der Waals surface area contributed by atoms with E-state index >= 15 is 0 Å². The fourth-order valence-electron chi connectivity index (χ4n) is 2.09. The molecule has 5 N–H and O–H groups in total.